The van der Waals surface area contributed by atoms with E-state index in [0.29, 0.717) is 6.42 Å². The topological polar surface area (TPSA) is 152 Å². The summed E-state index contributed by atoms with van der Waals surface area (Å²) in [5.74, 6) is -0.811. The van der Waals surface area contributed by atoms with E-state index in [1.807, 2.05) is 0 Å². The molecule has 6 atom stereocenters. The minimum absolute atomic E-state index is 0.219. The predicted octanol–water partition coefficient (Wildman–Crippen LogP) is 14.1. The molecule has 1 fully saturated rings. The van der Waals surface area contributed by atoms with Crippen LogP contribution in [0.1, 0.15) is 245 Å². The fraction of sp³-hybridized carbons (Fsp3) is 0.797. The molecule has 0 aromatic carbocycles. The van der Waals surface area contributed by atoms with Crippen LogP contribution in [0.5, 0.6) is 0 Å². The number of ether oxygens (including phenoxy) is 4. The van der Waals surface area contributed by atoms with Crippen molar-refractivity contribution in [2.24, 2.45) is 0 Å². The SMILES string of the molecule is CC/C=C\C/C=C\C/C=C\C/C=C\CCCCCCCCCCC(=O)OC(COC(=O)CCCCCCCCCCCCC/C=C\CCCCCCCCCC)COC1OC(CO)C(O)C(O)C1O. The maximum atomic E-state index is 12.9. The molecule has 4 N–H and O–H groups in total. The summed E-state index contributed by atoms with van der Waals surface area (Å²) in [6.07, 6.45) is 55.2. The summed E-state index contributed by atoms with van der Waals surface area (Å²) in [6, 6.07) is 0. The second-order valence-corrected chi connectivity index (χ2v) is 19.4. The highest BCUT2D eigenvalue weighted by molar-refractivity contribution is 5.70. The van der Waals surface area contributed by atoms with Crippen molar-refractivity contribution in [3.8, 4) is 0 Å². The Hall–Kier alpha value is -2.60. The molecule has 1 saturated heterocycles. The maximum Gasteiger partial charge on any atom is 0.306 e. The molecule has 6 unspecified atom stereocenters. The number of esters is 2. The van der Waals surface area contributed by atoms with Crippen LogP contribution in [0.2, 0.25) is 0 Å². The third kappa shape index (κ3) is 39.7. The Kier molecular flexibility index (Phi) is 45.7. The van der Waals surface area contributed by atoms with Gasteiger partial charge in [0.05, 0.1) is 13.2 Å². The fourth-order valence-electron chi connectivity index (χ4n) is 8.47. The van der Waals surface area contributed by atoms with Gasteiger partial charge in [0.1, 0.15) is 31.0 Å². The zero-order valence-electron chi connectivity index (χ0n) is 44.1. The van der Waals surface area contributed by atoms with Crippen molar-refractivity contribution in [2.75, 3.05) is 19.8 Å². The molecule has 0 aromatic heterocycles. The number of allylic oxidation sites excluding steroid dienone is 10. The standard InChI is InChI=1S/C59H104O10/c1-3-5-7-9-11-13-15-17-19-21-23-25-26-28-29-31-33-35-37-39-41-43-45-47-54(61)66-50-52(51-67-59-58(65)57(64)56(63)53(49-60)69-59)68-55(62)48-46-44-42-40-38-36-34-32-30-27-24-22-20-18-16-14-12-10-8-6-4-2/h6,8,12,14,18,20-21,23-24,27,52-53,56-60,63-65H,3-5,7,9-11,13,15-17,19,22,25-26,28-51H2,1-2H3/b8-6-,14-12-,20-18-,23-21-,27-24-. The van der Waals surface area contributed by atoms with Crippen LogP contribution in [-0.2, 0) is 28.5 Å². The second kappa shape index (κ2) is 49.0. The van der Waals surface area contributed by atoms with Gasteiger partial charge in [-0.2, -0.15) is 0 Å². The van der Waals surface area contributed by atoms with Crippen molar-refractivity contribution in [3.63, 3.8) is 0 Å². The first-order valence-electron chi connectivity index (χ1n) is 28.4. The number of aliphatic hydroxyl groups is 4. The predicted molar refractivity (Wildman–Crippen MR) is 284 cm³/mol. The summed E-state index contributed by atoms with van der Waals surface area (Å²) in [6.45, 7) is 3.33. The molecule has 69 heavy (non-hydrogen) atoms. The van der Waals surface area contributed by atoms with Gasteiger partial charge >= 0.3 is 11.9 Å². The molecule has 0 radical (unpaired) electrons. The van der Waals surface area contributed by atoms with E-state index in [1.54, 1.807) is 0 Å². The van der Waals surface area contributed by atoms with Crippen LogP contribution in [0.25, 0.3) is 0 Å². The smallest absolute Gasteiger partial charge is 0.306 e. The Morgan fingerprint density at radius 1 is 0.464 bits per heavy atom. The van der Waals surface area contributed by atoms with E-state index >= 15 is 0 Å². The summed E-state index contributed by atoms with van der Waals surface area (Å²) < 4.78 is 22.3. The van der Waals surface area contributed by atoms with Crippen molar-refractivity contribution in [1.82, 2.24) is 0 Å². The molecular formula is C59H104O10. The van der Waals surface area contributed by atoms with Gasteiger partial charge in [-0.3, -0.25) is 9.59 Å². The number of aliphatic hydroxyl groups excluding tert-OH is 4. The largest absolute Gasteiger partial charge is 0.462 e. The Labute approximate surface area is 421 Å². The molecule has 1 aliphatic rings. The first-order chi connectivity index (χ1) is 33.8. The van der Waals surface area contributed by atoms with E-state index in [4.69, 9.17) is 18.9 Å². The molecular weight excluding hydrogens is 869 g/mol. The molecule has 0 saturated carbocycles. The Morgan fingerprint density at radius 3 is 1.30 bits per heavy atom. The highest BCUT2D eigenvalue weighted by Gasteiger charge is 2.44. The zero-order valence-corrected chi connectivity index (χ0v) is 44.1. The molecule has 1 heterocycles. The normalized spacial score (nSPS) is 19.3. The number of rotatable bonds is 48. The van der Waals surface area contributed by atoms with Gasteiger partial charge in [-0.1, -0.05) is 216 Å². The van der Waals surface area contributed by atoms with Gasteiger partial charge in [0.15, 0.2) is 12.4 Å². The number of hydrogen-bond donors (Lipinski definition) is 4. The summed E-state index contributed by atoms with van der Waals surface area (Å²) >= 11 is 0. The van der Waals surface area contributed by atoms with E-state index in [9.17, 15) is 30.0 Å². The number of hydrogen-bond acceptors (Lipinski definition) is 10. The lowest BCUT2D eigenvalue weighted by Gasteiger charge is -2.39. The van der Waals surface area contributed by atoms with Gasteiger partial charge in [-0.05, 0) is 77.0 Å². The average Bonchev–Trinajstić information content (AvgIpc) is 3.35. The van der Waals surface area contributed by atoms with Crippen LogP contribution in [0.3, 0.4) is 0 Å². The van der Waals surface area contributed by atoms with E-state index < -0.39 is 49.4 Å². The van der Waals surface area contributed by atoms with Crippen LogP contribution < -0.4 is 0 Å². The van der Waals surface area contributed by atoms with Gasteiger partial charge < -0.3 is 39.4 Å². The molecule has 1 aliphatic heterocycles. The van der Waals surface area contributed by atoms with Crippen molar-refractivity contribution >= 4 is 11.9 Å². The fourth-order valence-corrected chi connectivity index (χ4v) is 8.47. The second-order valence-electron chi connectivity index (χ2n) is 19.4. The summed E-state index contributed by atoms with van der Waals surface area (Å²) in [7, 11) is 0. The molecule has 0 spiro atoms. The van der Waals surface area contributed by atoms with Crippen LogP contribution in [-0.4, -0.2) is 89.0 Å². The Bertz CT molecular complexity index is 1310. The summed E-state index contributed by atoms with van der Waals surface area (Å²) in [4.78, 5) is 25.5. The molecule has 1 rings (SSSR count). The molecule has 10 nitrogen and oxygen atoms in total. The minimum atomic E-state index is -1.60. The monoisotopic (exact) mass is 973 g/mol. The lowest BCUT2D eigenvalue weighted by molar-refractivity contribution is -0.305. The van der Waals surface area contributed by atoms with Crippen molar-refractivity contribution in [3.05, 3.63) is 60.8 Å². The minimum Gasteiger partial charge on any atom is -0.462 e. The summed E-state index contributed by atoms with van der Waals surface area (Å²) in [5.41, 5.74) is 0. The third-order valence-electron chi connectivity index (χ3n) is 12.9. The number of carbonyl (C=O) groups excluding carboxylic acids is 2. The zero-order chi connectivity index (χ0) is 50.1. The molecule has 0 bridgehead atoms. The average molecular weight is 973 g/mol. The molecule has 400 valence electrons. The van der Waals surface area contributed by atoms with Gasteiger partial charge in [0, 0.05) is 12.8 Å². The van der Waals surface area contributed by atoms with Crippen LogP contribution >= 0.6 is 0 Å². The Balaban J connectivity index is 2.22. The van der Waals surface area contributed by atoms with Crippen LogP contribution in [0.15, 0.2) is 60.8 Å². The lowest BCUT2D eigenvalue weighted by atomic mass is 9.99. The highest BCUT2D eigenvalue weighted by Crippen LogP contribution is 2.23. The lowest BCUT2D eigenvalue weighted by Crippen LogP contribution is -2.59. The number of unbranched alkanes of at least 4 members (excludes halogenated alkanes) is 27. The van der Waals surface area contributed by atoms with Crippen LogP contribution in [0.4, 0.5) is 0 Å². The van der Waals surface area contributed by atoms with Crippen LogP contribution in [0, 0.1) is 0 Å². The first kappa shape index (κ1) is 64.4. The molecule has 0 aliphatic carbocycles. The van der Waals surface area contributed by atoms with Crippen molar-refractivity contribution in [2.45, 2.75) is 282 Å². The quantitative estimate of drug-likeness (QED) is 0.0263. The van der Waals surface area contributed by atoms with E-state index in [1.165, 1.54) is 141 Å². The molecule has 0 amide bonds. The molecule has 0 aromatic rings. The van der Waals surface area contributed by atoms with Gasteiger partial charge in [-0.15, -0.1) is 0 Å². The van der Waals surface area contributed by atoms with Gasteiger partial charge in [-0.25, -0.2) is 0 Å². The maximum absolute atomic E-state index is 12.9. The Morgan fingerprint density at radius 2 is 0.855 bits per heavy atom. The molecule has 10 heteroatoms. The van der Waals surface area contributed by atoms with E-state index in [2.05, 4.69) is 74.6 Å². The van der Waals surface area contributed by atoms with Gasteiger partial charge in [0.2, 0.25) is 0 Å². The van der Waals surface area contributed by atoms with Gasteiger partial charge in [0.25, 0.3) is 0 Å². The van der Waals surface area contributed by atoms with E-state index in [-0.39, 0.29) is 32.0 Å². The number of carbonyl (C=O) groups is 2. The van der Waals surface area contributed by atoms with E-state index in [0.717, 1.165) is 70.6 Å². The highest BCUT2D eigenvalue weighted by atomic mass is 16.7. The third-order valence-corrected chi connectivity index (χ3v) is 12.9. The summed E-state index contributed by atoms with van der Waals surface area (Å²) in [5, 5.41) is 40.3. The van der Waals surface area contributed by atoms with Crippen molar-refractivity contribution in [1.29, 1.82) is 0 Å². The first-order valence-corrected chi connectivity index (χ1v) is 28.4. The van der Waals surface area contributed by atoms with Crippen molar-refractivity contribution < 1.29 is 49.0 Å².